The summed E-state index contributed by atoms with van der Waals surface area (Å²) in [6.07, 6.45) is -4.70. The average Bonchev–Trinajstić information content (AvgIpc) is 3.08. The van der Waals surface area contributed by atoms with Crippen LogP contribution >= 0.6 is 11.6 Å². The monoisotopic (exact) mass is 420 g/mol. The van der Waals surface area contributed by atoms with Gasteiger partial charge in [0.25, 0.3) is 5.91 Å². The molecule has 2 amide bonds. The lowest BCUT2D eigenvalue weighted by molar-refractivity contribution is -0.250. The van der Waals surface area contributed by atoms with E-state index in [9.17, 15) is 33.0 Å². The minimum absolute atomic E-state index is 0.00512. The van der Waals surface area contributed by atoms with Crippen LogP contribution in [0.3, 0.4) is 0 Å². The predicted molar refractivity (Wildman–Crippen MR) is 94.0 cm³/mol. The van der Waals surface area contributed by atoms with Crippen molar-refractivity contribution in [3.63, 3.8) is 0 Å². The summed E-state index contributed by atoms with van der Waals surface area (Å²) in [6, 6.07) is 2.83. The number of carboxylic acid groups (broad SMARTS) is 1. The first-order valence-corrected chi connectivity index (χ1v) is 9.20. The van der Waals surface area contributed by atoms with Crippen LogP contribution in [0.5, 0.6) is 0 Å². The molecule has 10 heteroatoms. The van der Waals surface area contributed by atoms with Gasteiger partial charge in [-0.1, -0.05) is 11.6 Å². The molecule has 1 saturated heterocycles. The molecule has 0 bridgehead atoms. The number of aliphatic hydroxyl groups is 1. The third-order valence-corrected chi connectivity index (χ3v) is 5.67. The third-order valence-electron chi connectivity index (χ3n) is 5.45. The van der Waals surface area contributed by atoms with Crippen molar-refractivity contribution >= 4 is 23.6 Å². The van der Waals surface area contributed by atoms with Crippen LogP contribution in [0.1, 0.15) is 42.5 Å². The van der Waals surface area contributed by atoms with Crippen molar-refractivity contribution in [3.05, 3.63) is 33.8 Å². The predicted octanol–water partition coefficient (Wildman–Crippen LogP) is 3.35. The number of alkyl halides is 3. The summed E-state index contributed by atoms with van der Waals surface area (Å²) in [4.78, 5) is 26.1. The highest BCUT2D eigenvalue weighted by molar-refractivity contribution is 6.30. The van der Waals surface area contributed by atoms with Gasteiger partial charge in [0.05, 0.1) is 6.04 Å². The first-order valence-electron chi connectivity index (χ1n) is 8.82. The van der Waals surface area contributed by atoms with Crippen LogP contribution in [0.2, 0.25) is 5.02 Å². The Bertz CT molecular complexity index is 813. The van der Waals surface area contributed by atoms with Gasteiger partial charge in [-0.05, 0) is 55.0 Å². The van der Waals surface area contributed by atoms with E-state index in [2.05, 4.69) is 0 Å². The van der Waals surface area contributed by atoms with Gasteiger partial charge >= 0.3 is 12.3 Å². The maximum Gasteiger partial charge on any atom is 0.426 e. The van der Waals surface area contributed by atoms with Gasteiger partial charge in [-0.3, -0.25) is 4.79 Å². The number of carbonyl (C=O) groups excluding carboxylic acids is 1. The standard InChI is InChI=1S/C18H20ClF3N2O4/c1-17(28,18(20,21)22)15(25)23-6-4-10-7-11(19)8-12(13(10)9-23)14-3-2-5-24(14)16(26)27/h7-8,14,28H,2-6,9H2,1H3,(H,26,27)/t14-,17?/m0/s1. The number of nitrogens with zero attached hydrogens (tertiary/aromatic N) is 2. The van der Waals surface area contributed by atoms with Crippen LogP contribution in [0.4, 0.5) is 18.0 Å². The summed E-state index contributed by atoms with van der Waals surface area (Å²) in [6.45, 7) is 0.658. The minimum Gasteiger partial charge on any atom is -0.465 e. The molecule has 0 aromatic heterocycles. The molecule has 154 valence electrons. The summed E-state index contributed by atoms with van der Waals surface area (Å²) in [7, 11) is 0. The van der Waals surface area contributed by atoms with Crippen molar-refractivity contribution in [2.45, 2.75) is 50.6 Å². The van der Waals surface area contributed by atoms with Gasteiger partial charge in [0.2, 0.25) is 5.60 Å². The van der Waals surface area contributed by atoms with Crippen LogP contribution in [-0.4, -0.2) is 56.9 Å². The highest BCUT2D eigenvalue weighted by Gasteiger charge is 2.57. The number of fused-ring (bicyclic) bond motifs is 1. The number of benzene rings is 1. The van der Waals surface area contributed by atoms with E-state index < -0.39 is 29.8 Å². The van der Waals surface area contributed by atoms with E-state index in [-0.39, 0.29) is 19.5 Å². The maximum atomic E-state index is 13.1. The first-order chi connectivity index (χ1) is 12.9. The fourth-order valence-electron chi connectivity index (χ4n) is 3.88. The topological polar surface area (TPSA) is 81.1 Å². The quantitative estimate of drug-likeness (QED) is 0.768. The zero-order valence-electron chi connectivity index (χ0n) is 15.1. The number of likely N-dealkylation sites (tertiary alicyclic amines) is 1. The van der Waals surface area contributed by atoms with E-state index in [0.29, 0.717) is 42.5 Å². The second kappa shape index (κ2) is 7.11. The average molecular weight is 421 g/mol. The Kier molecular flexibility index (Phi) is 5.26. The molecule has 28 heavy (non-hydrogen) atoms. The Balaban J connectivity index is 1.97. The van der Waals surface area contributed by atoms with E-state index >= 15 is 0 Å². The molecule has 1 unspecified atom stereocenters. The molecule has 1 fully saturated rings. The zero-order chi connectivity index (χ0) is 20.9. The Labute approximate surface area is 164 Å². The first kappa shape index (κ1) is 20.7. The van der Waals surface area contributed by atoms with Crippen molar-refractivity contribution in [3.8, 4) is 0 Å². The van der Waals surface area contributed by atoms with E-state index in [1.807, 2.05) is 0 Å². The van der Waals surface area contributed by atoms with Gasteiger partial charge in [-0.15, -0.1) is 0 Å². The van der Waals surface area contributed by atoms with Crippen LogP contribution < -0.4 is 0 Å². The minimum atomic E-state index is -5.10. The fourth-order valence-corrected chi connectivity index (χ4v) is 4.13. The summed E-state index contributed by atoms with van der Waals surface area (Å²) in [5, 5.41) is 19.6. The summed E-state index contributed by atoms with van der Waals surface area (Å²) in [5.41, 5.74) is -1.51. The molecule has 1 aromatic carbocycles. The third kappa shape index (κ3) is 3.53. The van der Waals surface area contributed by atoms with Gasteiger partial charge in [-0.25, -0.2) is 4.79 Å². The molecule has 0 saturated carbocycles. The number of halogens is 4. The highest BCUT2D eigenvalue weighted by Crippen LogP contribution is 2.39. The number of amides is 2. The summed E-state index contributed by atoms with van der Waals surface area (Å²) >= 11 is 6.18. The van der Waals surface area contributed by atoms with Gasteiger partial charge < -0.3 is 20.0 Å². The van der Waals surface area contributed by atoms with Gasteiger partial charge in [0, 0.05) is 24.7 Å². The molecule has 2 aliphatic rings. The lowest BCUT2D eigenvalue weighted by atomic mass is 9.89. The van der Waals surface area contributed by atoms with Crippen molar-refractivity contribution in [2.24, 2.45) is 0 Å². The molecule has 0 spiro atoms. The van der Waals surface area contributed by atoms with Crippen LogP contribution in [0, 0.1) is 0 Å². The lowest BCUT2D eigenvalue weighted by Gasteiger charge is -2.37. The second-order valence-electron chi connectivity index (χ2n) is 7.31. The summed E-state index contributed by atoms with van der Waals surface area (Å²) < 4.78 is 39.2. The Morgan fingerprint density at radius 2 is 1.93 bits per heavy atom. The normalized spacial score (nSPS) is 22.0. The molecule has 0 aliphatic carbocycles. The highest BCUT2D eigenvalue weighted by atomic mass is 35.5. The molecule has 2 atom stereocenters. The molecular weight excluding hydrogens is 401 g/mol. The Morgan fingerprint density at radius 1 is 1.25 bits per heavy atom. The zero-order valence-corrected chi connectivity index (χ0v) is 15.8. The van der Waals surface area contributed by atoms with E-state index in [1.165, 1.54) is 4.90 Å². The smallest absolute Gasteiger partial charge is 0.426 e. The van der Waals surface area contributed by atoms with Crippen LogP contribution in [0.15, 0.2) is 12.1 Å². The van der Waals surface area contributed by atoms with E-state index in [4.69, 9.17) is 11.6 Å². The fraction of sp³-hybridized carbons (Fsp3) is 0.556. The number of hydrogen-bond donors (Lipinski definition) is 2. The Morgan fingerprint density at radius 3 is 2.54 bits per heavy atom. The van der Waals surface area contributed by atoms with Gasteiger partial charge in [-0.2, -0.15) is 13.2 Å². The largest absolute Gasteiger partial charge is 0.465 e. The molecule has 1 aromatic rings. The second-order valence-corrected chi connectivity index (χ2v) is 7.75. The van der Waals surface area contributed by atoms with Gasteiger partial charge in [0.1, 0.15) is 0 Å². The summed E-state index contributed by atoms with van der Waals surface area (Å²) in [5.74, 6) is -1.42. The SMILES string of the molecule is CC(O)(C(=O)N1CCc2cc(Cl)cc([C@@H]3CCCN3C(=O)O)c2C1)C(F)(F)F. The van der Waals surface area contributed by atoms with Crippen LogP contribution in [-0.2, 0) is 17.8 Å². The molecule has 2 N–H and O–H groups in total. The number of carbonyl (C=O) groups is 2. The van der Waals surface area contributed by atoms with Crippen molar-refractivity contribution in [2.75, 3.05) is 13.1 Å². The van der Waals surface area contributed by atoms with Crippen molar-refractivity contribution < 1.29 is 33.0 Å². The van der Waals surface area contributed by atoms with Crippen molar-refractivity contribution in [1.29, 1.82) is 0 Å². The van der Waals surface area contributed by atoms with Crippen LogP contribution in [0.25, 0.3) is 0 Å². The Hall–Kier alpha value is -2.00. The molecule has 2 aliphatic heterocycles. The van der Waals surface area contributed by atoms with Gasteiger partial charge in [0.15, 0.2) is 0 Å². The van der Waals surface area contributed by atoms with E-state index in [0.717, 1.165) is 10.5 Å². The lowest BCUT2D eigenvalue weighted by Crippen LogP contribution is -2.56. The molecular formula is C18H20ClF3N2O4. The maximum absolute atomic E-state index is 13.1. The van der Waals surface area contributed by atoms with E-state index in [1.54, 1.807) is 12.1 Å². The molecule has 6 nitrogen and oxygen atoms in total. The number of hydrogen-bond acceptors (Lipinski definition) is 3. The number of rotatable bonds is 2. The van der Waals surface area contributed by atoms with Crippen molar-refractivity contribution in [1.82, 2.24) is 9.80 Å². The molecule has 2 heterocycles. The molecule has 3 rings (SSSR count). The molecule has 0 radical (unpaired) electrons.